The zero-order chi connectivity index (χ0) is 49.1. The van der Waals surface area contributed by atoms with E-state index >= 15 is 0 Å². The summed E-state index contributed by atoms with van der Waals surface area (Å²) in [4.78, 5) is 50.6. The number of ketones is 1. The summed E-state index contributed by atoms with van der Waals surface area (Å²) >= 11 is 17.5. The number of halogens is 3. The molecule has 0 aliphatic heterocycles. The Morgan fingerprint density at radius 1 is 0.758 bits per heavy atom. The predicted octanol–water partition coefficient (Wildman–Crippen LogP) is 11.2. The van der Waals surface area contributed by atoms with E-state index in [1.807, 2.05) is 31.2 Å². The summed E-state index contributed by atoms with van der Waals surface area (Å²) in [7, 11) is 0. The number of terminal acetylenes is 2. The highest BCUT2D eigenvalue weighted by Crippen LogP contribution is 2.24. The summed E-state index contributed by atoms with van der Waals surface area (Å²) < 4.78 is 9.32. The van der Waals surface area contributed by atoms with Crippen LogP contribution in [0.3, 0.4) is 0 Å². The van der Waals surface area contributed by atoms with Crippen molar-refractivity contribution in [1.82, 2.24) is 4.98 Å². The number of aromatic amines is 1. The fourth-order valence-corrected chi connectivity index (χ4v) is 4.35. The van der Waals surface area contributed by atoms with Crippen molar-refractivity contribution in [3.63, 3.8) is 0 Å². The number of H-pyrrole nitrogens is 1. The lowest BCUT2D eigenvalue weighted by Crippen LogP contribution is -2.08. The quantitative estimate of drug-likeness (QED) is 0.0357. The van der Waals surface area contributed by atoms with E-state index < -0.39 is 5.97 Å². The van der Waals surface area contributed by atoms with Gasteiger partial charge in [0.25, 0.3) is 0 Å². The van der Waals surface area contributed by atoms with Crippen molar-refractivity contribution >= 4 is 88.9 Å². The fourth-order valence-electron chi connectivity index (χ4n) is 3.82. The highest BCUT2D eigenvalue weighted by molar-refractivity contribution is 6.35. The molecule has 0 fully saturated rings. The molecule has 66 heavy (non-hydrogen) atoms. The normalized spacial score (nSPS) is 8.15. The van der Waals surface area contributed by atoms with Gasteiger partial charge in [0, 0.05) is 31.3 Å². The van der Waals surface area contributed by atoms with E-state index in [0.29, 0.717) is 62.7 Å². The number of nitrogens with zero attached hydrogens (tertiary/aromatic N) is 1. The molecule has 3 radical (unpaired) electrons. The van der Waals surface area contributed by atoms with Gasteiger partial charge in [-0.3, -0.25) is 24.2 Å². The number of rotatable bonds is 7. The fraction of sp³-hybridized carbons (Fsp3) is 0.245. The maximum atomic E-state index is 11.5. The second-order valence-electron chi connectivity index (χ2n) is 11.5. The van der Waals surface area contributed by atoms with Gasteiger partial charge in [0.15, 0.2) is 5.43 Å². The lowest BCUT2D eigenvalue weighted by molar-refractivity contribution is -0.145. The first-order chi connectivity index (χ1) is 30.5. The summed E-state index contributed by atoms with van der Waals surface area (Å²) in [6.45, 7) is 19.0. The molecule has 1 aromatic heterocycles. The van der Waals surface area contributed by atoms with E-state index in [4.69, 9.17) is 58.1 Å². The number of hydrogen-bond acceptors (Lipinski definition) is 8. The standard InChI is InChI=1S/C12H14ClNO2.C10H8ClNO.C9H8.C6H6ClN.C6H10O3.C6H2.C3H4.CH4.B/c1-3-16-12(15)8-9(2)14-11-7-5-4-6-10(11)13;1-6-5-9(13)7-3-2-4-8(11)10(7)12-6;1-3-5-7-9-8-6-4-2;7-5-3-1-2-4-6(5)8;1-3-9-6(8)4-5(2)7;1-3-5-6-4-2;1-3-2;;/h4-7H,3,8H2,1-2H3;2-5H,1H3,(H,12,13);7H2,1-2H3;1-4H,8H2;3-4H2,1-2H3;1-2H;1-2H2;1H4;. The molecule has 4 aromatic rings. The monoisotopic (exact) mass is 946 g/mol. The number of ether oxygens (including phenoxy) is 2. The molecule has 9 nitrogen and oxygen atoms in total. The minimum atomic E-state index is -0.440. The summed E-state index contributed by atoms with van der Waals surface area (Å²) in [5.41, 5.74) is 11.2. The van der Waals surface area contributed by atoms with Crippen LogP contribution in [0, 0.1) is 79.0 Å². The highest BCUT2D eigenvalue weighted by Gasteiger charge is 2.06. The molecule has 0 aliphatic carbocycles. The molecule has 4 rings (SSSR count). The average molecular weight is 948 g/mol. The molecule has 0 atom stereocenters. The van der Waals surface area contributed by atoms with Crippen molar-refractivity contribution in [3.8, 4) is 72.1 Å². The van der Waals surface area contributed by atoms with Crippen molar-refractivity contribution in [2.24, 2.45) is 4.99 Å². The van der Waals surface area contributed by atoms with Gasteiger partial charge in [-0.15, -0.1) is 24.5 Å². The van der Waals surface area contributed by atoms with E-state index in [-0.39, 0.29) is 45.9 Å². The molecule has 0 bridgehead atoms. The van der Waals surface area contributed by atoms with Crippen LogP contribution in [-0.2, 0) is 23.9 Å². The number of nitrogens with one attached hydrogen (secondary N) is 1. The predicted molar refractivity (Wildman–Crippen MR) is 280 cm³/mol. The van der Waals surface area contributed by atoms with Crippen molar-refractivity contribution in [3.05, 3.63) is 123 Å². The number of fused-ring (bicyclic) bond motifs is 1. The number of aromatic nitrogens is 1. The van der Waals surface area contributed by atoms with Crippen LogP contribution < -0.4 is 11.2 Å². The molecule has 3 N–H and O–H groups in total. The topological polar surface area (TPSA) is 141 Å². The molecule has 13 heteroatoms. The van der Waals surface area contributed by atoms with E-state index in [9.17, 15) is 19.2 Å². The van der Waals surface area contributed by atoms with Gasteiger partial charge in [-0.1, -0.05) is 103 Å². The molecule has 0 spiro atoms. The number of aryl methyl sites for hydroxylation is 1. The molecule has 0 saturated heterocycles. The van der Waals surface area contributed by atoms with Crippen LogP contribution in [0.2, 0.25) is 15.1 Å². The third-order valence-electron chi connectivity index (χ3n) is 6.26. The van der Waals surface area contributed by atoms with Crippen LogP contribution in [0.5, 0.6) is 0 Å². The number of carbonyl (C=O) groups excluding carboxylic acids is 3. The number of para-hydroxylation sites is 3. The summed E-state index contributed by atoms with van der Waals surface area (Å²) in [6, 6.07) is 21.3. The molecule has 3 aromatic carbocycles. The van der Waals surface area contributed by atoms with Gasteiger partial charge in [-0.05, 0) is 120 Å². The zero-order valence-electron chi connectivity index (χ0n) is 37.7. The summed E-state index contributed by atoms with van der Waals surface area (Å²) in [6.07, 6.45) is 10.1. The minimum Gasteiger partial charge on any atom is -0.466 e. The number of esters is 2. The van der Waals surface area contributed by atoms with Crippen LogP contribution in [0.4, 0.5) is 11.4 Å². The molecule has 0 saturated carbocycles. The molecule has 1 heterocycles. The largest absolute Gasteiger partial charge is 0.466 e. The van der Waals surface area contributed by atoms with Crippen LogP contribution in [0.15, 0.2) is 101 Å². The number of aliphatic imine (C=N–C) groups is 1. The van der Waals surface area contributed by atoms with E-state index in [2.05, 4.69) is 92.8 Å². The van der Waals surface area contributed by atoms with Gasteiger partial charge >= 0.3 is 11.9 Å². The SMILES string of the molecule is C.C#CC#CC#C.C=C=C.CC#CC#CCC#CC.CCOC(=O)CC(C)=Nc1ccccc1Cl.CCOC(=O)CC(C)=O.Cc1cc(=O)c2cccc(Cl)c2[nH]1.Nc1ccccc1Cl.[B]. The number of nitrogens with two attached hydrogens (primary N) is 1. The van der Waals surface area contributed by atoms with E-state index in [1.54, 1.807) is 83.1 Å². The number of pyridine rings is 1. The maximum absolute atomic E-state index is 11.5. The van der Waals surface area contributed by atoms with Gasteiger partial charge in [0.1, 0.15) is 12.2 Å². The molecule has 0 amide bonds. The Kier molecular flexibility index (Phi) is 47.1. The molecule has 0 unspecified atom stereocenters. The first kappa shape index (κ1) is 67.8. The smallest absolute Gasteiger partial charge is 0.313 e. The molecular weight excluding hydrogens is 892 g/mol. The zero-order valence-corrected chi connectivity index (χ0v) is 40.0. The maximum Gasteiger partial charge on any atom is 0.313 e. The summed E-state index contributed by atoms with van der Waals surface area (Å²) in [5, 5.41) is 2.41. The van der Waals surface area contributed by atoms with Crippen molar-refractivity contribution in [2.75, 3.05) is 18.9 Å². The average Bonchev–Trinajstić information content (AvgIpc) is 3.24. The van der Waals surface area contributed by atoms with Gasteiger partial charge in [-0.2, -0.15) is 0 Å². The van der Waals surface area contributed by atoms with E-state index in [1.165, 1.54) is 6.92 Å². The molecular formula is C53H56BCl3N3O6. The van der Waals surface area contributed by atoms with Crippen LogP contribution in [-0.4, -0.2) is 50.0 Å². The van der Waals surface area contributed by atoms with Crippen molar-refractivity contribution < 1.29 is 23.9 Å². The summed E-state index contributed by atoms with van der Waals surface area (Å²) in [5.74, 6) is 24.0. The Morgan fingerprint density at radius 2 is 1.27 bits per heavy atom. The Balaban J connectivity index is -0.000000227. The number of nitrogen functional groups attached to an aromatic ring is 1. The van der Waals surface area contributed by atoms with Crippen molar-refractivity contribution in [1.29, 1.82) is 0 Å². The number of benzene rings is 3. The Labute approximate surface area is 409 Å². The van der Waals surface area contributed by atoms with Crippen molar-refractivity contribution in [2.45, 2.75) is 75.2 Å². The second kappa shape index (κ2) is 45.8. The molecule has 343 valence electrons. The number of Topliss-reactive ketones (excluding diaryl/α,β-unsaturated/α-hetero) is 1. The lowest BCUT2D eigenvalue weighted by Gasteiger charge is -2.02. The second-order valence-corrected chi connectivity index (χ2v) is 12.8. The Morgan fingerprint density at radius 3 is 1.73 bits per heavy atom. The third-order valence-corrected chi connectivity index (χ3v) is 7.24. The minimum absolute atomic E-state index is 0. The van der Waals surface area contributed by atoms with Gasteiger partial charge in [-0.25, -0.2) is 0 Å². The van der Waals surface area contributed by atoms with Gasteiger partial charge in [0.05, 0.1) is 58.0 Å². The van der Waals surface area contributed by atoms with Crippen LogP contribution in [0.25, 0.3) is 10.9 Å². The Hall–Kier alpha value is -7.24. The number of hydrogen-bond donors (Lipinski definition) is 2. The number of anilines is 1. The first-order valence-corrected chi connectivity index (χ1v) is 20.0. The van der Waals surface area contributed by atoms with E-state index in [0.717, 1.165) is 5.69 Å². The van der Waals surface area contributed by atoms with Crippen LogP contribution in [0.1, 0.15) is 73.9 Å². The first-order valence-electron chi connectivity index (χ1n) is 18.9. The van der Waals surface area contributed by atoms with Gasteiger partial charge < -0.3 is 20.2 Å². The van der Waals surface area contributed by atoms with Crippen LogP contribution >= 0.6 is 34.8 Å². The third kappa shape index (κ3) is 38.4. The Bertz CT molecular complexity index is 2530. The number of carbonyl (C=O) groups is 3. The lowest BCUT2D eigenvalue weighted by atomic mass is 10.2. The molecule has 0 aliphatic rings. The van der Waals surface area contributed by atoms with Gasteiger partial charge in [0.2, 0.25) is 0 Å². The highest BCUT2D eigenvalue weighted by atomic mass is 35.5.